The van der Waals surface area contributed by atoms with Crippen LogP contribution < -0.4 is 4.74 Å². The summed E-state index contributed by atoms with van der Waals surface area (Å²) < 4.78 is 5.45. The van der Waals surface area contributed by atoms with Crippen LogP contribution in [-0.4, -0.2) is 31.1 Å². The van der Waals surface area contributed by atoms with Crippen LogP contribution in [0.4, 0.5) is 0 Å². The van der Waals surface area contributed by atoms with E-state index in [9.17, 15) is 0 Å². The van der Waals surface area contributed by atoms with Gasteiger partial charge in [-0.05, 0) is 49.9 Å². The second-order valence-electron chi connectivity index (χ2n) is 5.48. The summed E-state index contributed by atoms with van der Waals surface area (Å²) in [6.45, 7) is 8.34. The molecule has 0 bridgehead atoms. The van der Waals surface area contributed by atoms with E-state index in [1.807, 2.05) is 19.1 Å². The van der Waals surface area contributed by atoms with E-state index in [1.54, 1.807) is 0 Å². The third kappa shape index (κ3) is 4.39. The summed E-state index contributed by atoms with van der Waals surface area (Å²) in [7, 11) is 0. The molecule has 1 fully saturated rings. The van der Waals surface area contributed by atoms with Crippen LogP contribution >= 0.6 is 11.6 Å². The molecule has 106 valence electrons. The van der Waals surface area contributed by atoms with Crippen LogP contribution in [0.5, 0.6) is 5.75 Å². The Balaban J connectivity index is 1.89. The van der Waals surface area contributed by atoms with Crippen LogP contribution in [0.15, 0.2) is 24.3 Å². The molecule has 2 nitrogen and oxygen atoms in total. The molecule has 1 aromatic carbocycles. The summed E-state index contributed by atoms with van der Waals surface area (Å²) in [6.07, 6.45) is 2.65. The molecule has 0 radical (unpaired) electrons. The highest BCUT2D eigenvalue weighted by molar-refractivity contribution is 6.21. The number of benzene rings is 1. The lowest BCUT2D eigenvalue weighted by Crippen LogP contribution is -2.36. The lowest BCUT2D eigenvalue weighted by Gasteiger charge is -2.32. The van der Waals surface area contributed by atoms with E-state index in [0.717, 1.165) is 18.2 Å². The maximum atomic E-state index is 6.53. The molecule has 0 N–H and O–H groups in total. The quantitative estimate of drug-likeness (QED) is 0.754. The molecule has 3 heteroatoms. The van der Waals surface area contributed by atoms with Crippen molar-refractivity contribution in [2.24, 2.45) is 5.92 Å². The van der Waals surface area contributed by atoms with Crippen LogP contribution in [-0.2, 0) is 0 Å². The highest BCUT2D eigenvalue weighted by atomic mass is 35.5. The van der Waals surface area contributed by atoms with E-state index in [1.165, 1.54) is 31.5 Å². The second kappa shape index (κ2) is 7.16. The Kier molecular flexibility index (Phi) is 5.53. The van der Waals surface area contributed by atoms with Crippen LogP contribution in [0.2, 0.25) is 0 Å². The Bertz CT molecular complexity index is 379. The first-order chi connectivity index (χ1) is 9.19. The van der Waals surface area contributed by atoms with Crippen molar-refractivity contribution in [1.29, 1.82) is 0 Å². The molecule has 1 aromatic rings. The van der Waals surface area contributed by atoms with Gasteiger partial charge in [0.1, 0.15) is 5.75 Å². The number of rotatable bonds is 5. The summed E-state index contributed by atoms with van der Waals surface area (Å²) in [5.74, 6) is 1.72. The van der Waals surface area contributed by atoms with Crippen molar-refractivity contribution in [2.45, 2.75) is 32.1 Å². The first kappa shape index (κ1) is 14.7. The molecule has 2 unspecified atom stereocenters. The molecule has 1 aliphatic rings. The average Bonchev–Trinajstić information content (AvgIpc) is 2.40. The van der Waals surface area contributed by atoms with Gasteiger partial charge < -0.3 is 9.64 Å². The first-order valence-electron chi connectivity index (χ1n) is 7.28. The number of nitrogens with zero attached hydrogens (tertiary/aromatic N) is 1. The number of hydrogen-bond acceptors (Lipinski definition) is 2. The first-order valence-corrected chi connectivity index (χ1v) is 7.72. The molecule has 1 aliphatic heterocycles. The SMILES string of the molecule is CCOc1ccc(C(Cl)CN2CCCC(C)C2)cc1. The van der Waals surface area contributed by atoms with Gasteiger partial charge in [-0.25, -0.2) is 0 Å². The normalized spacial score (nSPS) is 22.2. The van der Waals surface area contributed by atoms with Gasteiger partial charge in [-0.1, -0.05) is 19.1 Å². The summed E-state index contributed by atoms with van der Waals surface area (Å²) in [5.41, 5.74) is 1.18. The van der Waals surface area contributed by atoms with Crippen molar-refractivity contribution in [3.05, 3.63) is 29.8 Å². The number of piperidine rings is 1. The summed E-state index contributed by atoms with van der Waals surface area (Å²) >= 11 is 6.53. The molecular weight excluding hydrogens is 258 g/mol. The second-order valence-corrected chi connectivity index (χ2v) is 6.00. The van der Waals surface area contributed by atoms with Crippen molar-refractivity contribution in [3.8, 4) is 5.75 Å². The molecule has 0 aliphatic carbocycles. The fourth-order valence-electron chi connectivity index (χ4n) is 2.72. The van der Waals surface area contributed by atoms with E-state index in [2.05, 4.69) is 24.0 Å². The van der Waals surface area contributed by atoms with Gasteiger partial charge in [-0.15, -0.1) is 11.6 Å². The Morgan fingerprint density at radius 2 is 2.11 bits per heavy atom. The zero-order valence-electron chi connectivity index (χ0n) is 11.9. The molecule has 0 amide bonds. The smallest absolute Gasteiger partial charge is 0.119 e. The Morgan fingerprint density at radius 3 is 2.74 bits per heavy atom. The number of likely N-dealkylation sites (tertiary alicyclic amines) is 1. The maximum Gasteiger partial charge on any atom is 0.119 e. The predicted octanol–water partition coefficient (Wildman–Crippen LogP) is 4.10. The number of alkyl halides is 1. The van der Waals surface area contributed by atoms with Gasteiger partial charge >= 0.3 is 0 Å². The fourth-order valence-corrected chi connectivity index (χ4v) is 3.06. The topological polar surface area (TPSA) is 12.5 Å². The van der Waals surface area contributed by atoms with E-state index in [4.69, 9.17) is 16.3 Å². The Hall–Kier alpha value is -0.730. The fraction of sp³-hybridized carbons (Fsp3) is 0.625. The molecule has 2 atom stereocenters. The Morgan fingerprint density at radius 1 is 1.37 bits per heavy atom. The summed E-state index contributed by atoms with van der Waals surface area (Å²) in [5, 5.41) is 0.0703. The Labute approximate surface area is 121 Å². The number of hydrogen-bond donors (Lipinski definition) is 0. The van der Waals surface area contributed by atoms with Crippen LogP contribution in [0.25, 0.3) is 0 Å². The van der Waals surface area contributed by atoms with E-state index < -0.39 is 0 Å². The van der Waals surface area contributed by atoms with Crippen molar-refractivity contribution in [1.82, 2.24) is 4.90 Å². The zero-order chi connectivity index (χ0) is 13.7. The van der Waals surface area contributed by atoms with Crippen LogP contribution in [0.1, 0.15) is 37.6 Å². The highest BCUT2D eigenvalue weighted by Crippen LogP contribution is 2.26. The van der Waals surface area contributed by atoms with Crippen LogP contribution in [0.3, 0.4) is 0 Å². The van der Waals surface area contributed by atoms with Crippen molar-refractivity contribution < 1.29 is 4.74 Å². The largest absolute Gasteiger partial charge is 0.494 e. The number of halogens is 1. The minimum absolute atomic E-state index is 0.0703. The standard InChI is InChI=1S/C16H24ClNO/c1-3-19-15-8-6-14(7-9-15)16(17)12-18-10-4-5-13(2)11-18/h6-9,13,16H,3-5,10-12H2,1-2H3. The summed E-state index contributed by atoms with van der Waals surface area (Å²) in [6, 6.07) is 8.17. The monoisotopic (exact) mass is 281 g/mol. The van der Waals surface area contributed by atoms with Crippen molar-refractivity contribution >= 4 is 11.6 Å². The van der Waals surface area contributed by atoms with Gasteiger partial charge in [-0.3, -0.25) is 0 Å². The van der Waals surface area contributed by atoms with E-state index in [0.29, 0.717) is 6.61 Å². The molecule has 0 saturated carbocycles. The van der Waals surface area contributed by atoms with Crippen molar-refractivity contribution in [2.75, 3.05) is 26.2 Å². The average molecular weight is 282 g/mol. The molecule has 0 aromatic heterocycles. The maximum absolute atomic E-state index is 6.53. The van der Waals surface area contributed by atoms with Gasteiger partial charge in [0.05, 0.1) is 12.0 Å². The molecular formula is C16H24ClNO. The molecule has 1 saturated heterocycles. The van der Waals surface area contributed by atoms with Gasteiger partial charge in [0.15, 0.2) is 0 Å². The third-order valence-electron chi connectivity index (χ3n) is 3.71. The van der Waals surface area contributed by atoms with Crippen LogP contribution in [0, 0.1) is 5.92 Å². The highest BCUT2D eigenvalue weighted by Gasteiger charge is 2.19. The van der Waals surface area contributed by atoms with Gasteiger partial charge in [0.2, 0.25) is 0 Å². The minimum atomic E-state index is 0.0703. The molecule has 19 heavy (non-hydrogen) atoms. The van der Waals surface area contributed by atoms with E-state index >= 15 is 0 Å². The van der Waals surface area contributed by atoms with Gasteiger partial charge in [-0.2, -0.15) is 0 Å². The summed E-state index contributed by atoms with van der Waals surface area (Å²) in [4.78, 5) is 2.49. The van der Waals surface area contributed by atoms with Crippen molar-refractivity contribution in [3.63, 3.8) is 0 Å². The lowest BCUT2D eigenvalue weighted by atomic mass is 10.00. The molecule has 1 heterocycles. The molecule has 0 spiro atoms. The lowest BCUT2D eigenvalue weighted by molar-refractivity contribution is 0.184. The third-order valence-corrected chi connectivity index (χ3v) is 4.10. The van der Waals surface area contributed by atoms with E-state index in [-0.39, 0.29) is 5.38 Å². The minimum Gasteiger partial charge on any atom is -0.494 e. The molecule has 2 rings (SSSR count). The van der Waals surface area contributed by atoms with Gasteiger partial charge in [0.25, 0.3) is 0 Å². The zero-order valence-corrected chi connectivity index (χ0v) is 12.7. The van der Waals surface area contributed by atoms with Gasteiger partial charge in [0, 0.05) is 13.1 Å². The number of ether oxygens (including phenoxy) is 1. The predicted molar refractivity (Wildman–Crippen MR) is 81.0 cm³/mol.